The van der Waals surface area contributed by atoms with Crippen molar-refractivity contribution >= 4 is 27.4 Å². The van der Waals surface area contributed by atoms with E-state index in [1.807, 2.05) is 24.3 Å². The Bertz CT molecular complexity index is 504. The van der Waals surface area contributed by atoms with Gasteiger partial charge in [0.1, 0.15) is 4.88 Å². The highest BCUT2D eigenvalue weighted by molar-refractivity contribution is 7.20. The zero-order valence-electron chi connectivity index (χ0n) is 8.32. The average Bonchev–Trinajstić information content (AvgIpc) is 2.71. The largest absolute Gasteiger partial charge is 0.465 e. The van der Waals surface area contributed by atoms with Crippen LogP contribution in [0.4, 0.5) is 0 Å². The first-order valence-corrected chi connectivity index (χ1v) is 5.37. The third kappa shape index (κ3) is 1.73. The van der Waals surface area contributed by atoms with Crippen molar-refractivity contribution in [3.05, 3.63) is 34.7 Å². The first-order valence-electron chi connectivity index (χ1n) is 4.56. The highest BCUT2D eigenvalue weighted by Crippen LogP contribution is 2.28. The Morgan fingerprint density at radius 1 is 1.53 bits per heavy atom. The van der Waals surface area contributed by atoms with Crippen LogP contribution in [0.2, 0.25) is 0 Å². The Labute approximate surface area is 91.5 Å². The van der Waals surface area contributed by atoms with Gasteiger partial charge in [-0.25, -0.2) is 4.79 Å². The predicted molar refractivity (Wildman–Crippen MR) is 61.1 cm³/mol. The van der Waals surface area contributed by atoms with E-state index in [9.17, 15) is 4.79 Å². The second-order valence-electron chi connectivity index (χ2n) is 3.14. The lowest BCUT2D eigenvalue weighted by Gasteiger charge is -1.96. The summed E-state index contributed by atoms with van der Waals surface area (Å²) in [5.41, 5.74) is 6.68. The molecule has 0 amide bonds. The van der Waals surface area contributed by atoms with E-state index in [-0.39, 0.29) is 5.97 Å². The van der Waals surface area contributed by atoms with Gasteiger partial charge in [0.2, 0.25) is 0 Å². The lowest BCUT2D eigenvalue weighted by molar-refractivity contribution is 0.0606. The number of methoxy groups -OCH3 is 1. The van der Waals surface area contributed by atoms with Crippen LogP contribution in [0, 0.1) is 0 Å². The minimum absolute atomic E-state index is 0.292. The minimum atomic E-state index is -0.292. The quantitative estimate of drug-likeness (QED) is 0.790. The summed E-state index contributed by atoms with van der Waals surface area (Å²) in [5.74, 6) is -0.292. The SMILES string of the molecule is COC(=O)c1cc2c(CN)cccc2s1. The summed E-state index contributed by atoms with van der Waals surface area (Å²) < 4.78 is 5.75. The van der Waals surface area contributed by atoms with Crippen LogP contribution >= 0.6 is 11.3 Å². The van der Waals surface area contributed by atoms with Crippen LogP contribution in [0.5, 0.6) is 0 Å². The topological polar surface area (TPSA) is 52.3 Å². The van der Waals surface area contributed by atoms with E-state index in [2.05, 4.69) is 4.74 Å². The molecule has 78 valence electrons. The number of carbonyl (C=O) groups is 1. The summed E-state index contributed by atoms with van der Waals surface area (Å²) in [5, 5.41) is 1.05. The number of carbonyl (C=O) groups excluding carboxylic acids is 1. The molecule has 0 saturated carbocycles. The molecule has 2 aromatic rings. The molecule has 15 heavy (non-hydrogen) atoms. The number of benzene rings is 1. The van der Waals surface area contributed by atoms with E-state index < -0.39 is 0 Å². The van der Waals surface area contributed by atoms with Gasteiger partial charge in [0.25, 0.3) is 0 Å². The molecular formula is C11H11NO2S. The molecular weight excluding hydrogens is 210 g/mol. The van der Waals surface area contributed by atoms with Crippen LogP contribution in [-0.2, 0) is 11.3 Å². The number of nitrogens with two attached hydrogens (primary N) is 1. The van der Waals surface area contributed by atoms with E-state index >= 15 is 0 Å². The number of hydrogen-bond donors (Lipinski definition) is 1. The van der Waals surface area contributed by atoms with Gasteiger partial charge in [0.15, 0.2) is 0 Å². The third-order valence-electron chi connectivity index (χ3n) is 2.26. The molecule has 1 aromatic carbocycles. The number of hydrogen-bond acceptors (Lipinski definition) is 4. The first kappa shape index (κ1) is 10.1. The smallest absolute Gasteiger partial charge is 0.348 e. The zero-order valence-corrected chi connectivity index (χ0v) is 9.14. The molecule has 0 saturated heterocycles. The fourth-order valence-electron chi connectivity index (χ4n) is 1.50. The van der Waals surface area contributed by atoms with Crippen molar-refractivity contribution in [1.82, 2.24) is 0 Å². The summed E-state index contributed by atoms with van der Waals surface area (Å²) >= 11 is 1.43. The Balaban J connectivity index is 2.60. The molecule has 0 radical (unpaired) electrons. The van der Waals surface area contributed by atoms with Gasteiger partial charge in [-0.1, -0.05) is 12.1 Å². The monoisotopic (exact) mass is 221 g/mol. The van der Waals surface area contributed by atoms with Gasteiger partial charge in [0, 0.05) is 11.2 Å². The van der Waals surface area contributed by atoms with Gasteiger partial charge in [-0.2, -0.15) is 0 Å². The van der Waals surface area contributed by atoms with E-state index in [1.54, 1.807) is 0 Å². The van der Waals surface area contributed by atoms with E-state index in [0.29, 0.717) is 11.4 Å². The molecule has 0 spiro atoms. The van der Waals surface area contributed by atoms with Crippen molar-refractivity contribution in [2.45, 2.75) is 6.54 Å². The molecule has 2 rings (SSSR count). The zero-order chi connectivity index (χ0) is 10.8. The molecule has 0 aliphatic rings. The van der Waals surface area contributed by atoms with E-state index in [0.717, 1.165) is 15.6 Å². The van der Waals surface area contributed by atoms with Gasteiger partial charge in [-0.3, -0.25) is 0 Å². The first-order chi connectivity index (χ1) is 7.26. The van der Waals surface area contributed by atoms with Crippen molar-refractivity contribution in [3.63, 3.8) is 0 Å². The Morgan fingerprint density at radius 2 is 2.33 bits per heavy atom. The van der Waals surface area contributed by atoms with E-state index in [4.69, 9.17) is 5.73 Å². The summed E-state index contributed by atoms with van der Waals surface area (Å²) in [4.78, 5) is 12.0. The lowest BCUT2D eigenvalue weighted by atomic mass is 10.1. The van der Waals surface area contributed by atoms with Crippen LogP contribution in [0.25, 0.3) is 10.1 Å². The predicted octanol–water partition coefficient (Wildman–Crippen LogP) is 2.15. The molecule has 0 aliphatic carbocycles. The van der Waals surface area contributed by atoms with Crippen LogP contribution in [0.15, 0.2) is 24.3 Å². The summed E-state index contributed by atoms with van der Waals surface area (Å²) in [6.07, 6.45) is 0. The van der Waals surface area contributed by atoms with Crippen LogP contribution in [0.3, 0.4) is 0 Å². The van der Waals surface area contributed by atoms with Crippen LogP contribution < -0.4 is 5.73 Å². The fourth-order valence-corrected chi connectivity index (χ4v) is 2.53. The maximum Gasteiger partial charge on any atom is 0.348 e. The molecule has 1 heterocycles. The Morgan fingerprint density at radius 3 is 3.00 bits per heavy atom. The maximum absolute atomic E-state index is 11.3. The van der Waals surface area contributed by atoms with Crippen molar-refractivity contribution in [3.8, 4) is 0 Å². The van der Waals surface area contributed by atoms with Crippen LogP contribution in [-0.4, -0.2) is 13.1 Å². The standard InChI is InChI=1S/C11H11NO2S/c1-14-11(13)10-5-8-7(6-12)3-2-4-9(8)15-10/h2-5H,6,12H2,1H3. The minimum Gasteiger partial charge on any atom is -0.465 e. The summed E-state index contributed by atoms with van der Waals surface area (Å²) in [7, 11) is 1.39. The normalized spacial score (nSPS) is 10.5. The lowest BCUT2D eigenvalue weighted by Crippen LogP contribution is -1.97. The molecule has 0 aliphatic heterocycles. The van der Waals surface area contributed by atoms with Gasteiger partial charge in [-0.15, -0.1) is 11.3 Å². The molecule has 0 unspecified atom stereocenters. The number of esters is 1. The fraction of sp³-hybridized carbons (Fsp3) is 0.182. The molecule has 2 N–H and O–H groups in total. The van der Waals surface area contributed by atoms with Crippen molar-refractivity contribution in [2.24, 2.45) is 5.73 Å². The van der Waals surface area contributed by atoms with Crippen molar-refractivity contribution in [1.29, 1.82) is 0 Å². The summed E-state index contributed by atoms with van der Waals surface area (Å²) in [6.45, 7) is 0.481. The molecule has 4 heteroatoms. The average molecular weight is 221 g/mol. The molecule has 0 bridgehead atoms. The molecule has 0 atom stereocenters. The van der Waals surface area contributed by atoms with E-state index in [1.165, 1.54) is 18.4 Å². The molecule has 3 nitrogen and oxygen atoms in total. The van der Waals surface area contributed by atoms with Crippen molar-refractivity contribution < 1.29 is 9.53 Å². The molecule has 0 fully saturated rings. The number of rotatable bonds is 2. The Kier molecular flexibility index (Phi) is 2.70. The number of ether oxygens (including phenoxy) is 1. The van der Waals surface area contributed by atoms with Crippen molar-refractivity contribution in [2.75, 3.05) is 7.11 Å². The third-order valence-corrected chi connectivity index (χ3v) is 3.34. The Hall–Kier alpha value is -1.39. The molecule has 1 aromatic heterocycles. The summed E-state index contributed by atoms with van der Waals surface area (Å²) in [6, 6.07) is 7.73. The maximum atomic E-state index is 11.3. The number of fused-ring (bicyclic) bond motifs is 1. The van der Waals surface area contributed by atoms with Gasteiger partial charge in [-0.05, 0) is 23.1 Å². The van der Waals surface area contributed by atoms with Gasteiger partial charge in [0.05, 0.1) is 7.11 Å². The van der Waals surface area contributed by atoms with Gasteiger partial charge < -0.3 is 10.5 Å². The van der Waals surface area contributed by atoms with Gasteiger partial charge >= 0.3 is 5.97 Å². The second-order valence-corrected chi connectivity index (χ2v) is 4.22. The second kappa shape index (κ2) is 4.00. The number of thiophene rings is 1. The highest BCUT2D eigenvalue weighted by Gasteiger charge is 2.11. The van der Waals surface area contributed by atoms with Crippen LogP contribution in [0.1, 0.15) is 15.2 Å². The highest BCUT2D eigenvalue weighted by atomic mass is 32.1.